The van der Waals surface area contributed by atoms with Crippen LogP contribution in [0.15, 0.2) is 21.2 Å². The summed E-state index contributed by atoms with van der Waals surface area (Å²) in [7, 11) is 0. The van der Waals surface area contributed by atoms with Crippen LogP contribution in [0.1, 0.15) is 5.69 Å². The molecule has 0 aliphatic carbocycles. The van der Waals surface area contributed by atoms with E-state index in [0.717, 1.165) is 4.47 Å². The molecule has 0 bridgehead atoms. The average molecular weight is 323 g/mol. The predicted octanol–water partition coefficient (Wildman–Crippen LogP) is 1.80. The Morgan fingerprint density at radius 3 is 2.57 bits per heavy atom. The molecule has 6 heteroatoms. The molecule has 1 rings (SSSR count). The number of rotatable bonds is 3. The molecule has 4 nitrogen and oxygen atoms in total. The molecule has 0 saturated carbocycles. The first-order chi connectivity index (χ1) is 6.50. The zero-order valence-corrected chi connectivity index (χ0v) is 10.0. The maximum atomic E-state index is 10.9. The number of Topliss-reactive ketones (excluding diaryl/α,β-unsaturated/α-hetero) is 1. The topological polar surface area (TPSA) is 67.3 Å². The number of pyridine rings is 1. The van der Waals surface area contributed by atoms with Crippen LogP contribution in [-0.4, -0.2) is 21.8 Å². The lowest BCUT2D eigenvalue weighted by molar-refractivity contribution is -0.148. The Hall–Kier alpha value is -0.750. The summed E-state index contributed by atoms with van der Waals surface area (Å²) >= 11 is 6.38. The van der Waals surface area contributed by atoms with Crippen LogP contribution in [0, 0.1) is 0 Å². The maximum absolute atomic E-state index is 10.9. The number of aromatic nitrogens is 1. The molecule has 0 radical (unpaired) electrons. The monoisotopic (exact) mass is 321 g/mol. The van der Waals surface area contributed by atoms with Crippen LogP contribution in [0.5, 0.6) is 0 Å². The van der Waals surface area contributed by atoms with Crippen LogP contribution in [0.4, 0.5) is 0 Å². The molecule has 0 unspecified atom stereocenters. The van der Waals surface area contributed by atoms with E-state index in [1.807, 2.05) is 0 Å². The van der Waals surface area contributed by atoms with E-state index in [2.05, 4.69) is 36.8 Å². The van der Waals surface area contributed by atoms with Crippen LogP contribution < -0.4 is 0 Å². The van der Waals surface area contributed by atoms with Crippen molar-refractivity contribution in [1.29, 1.82) is 0 Å². The Morgan fingerprint density at radius 2 is 2.07 bits per heavy atom. The number of carbonyl (C=O) groups excluding carboxylic acids is 1. The molecule has 74 valence electrons. The zero-order valence-electron chi connectivity index (χ0n) is 6.83. The summed E-state index contributed by atoms with van der Waals surface area (Å²) in [6.45, 7) is 0. The third-order valence-corrected chi connectivity index (χ3v) is 2.57. The minimum absolute atomic E-state index is 0.205. The fourth-order valence-electron chi connectivity index (χ4n) is 0.801. The summed E-state index contributed by atoms with van der Waals surface area (Å²) in [5.74, 6) is -2.32. The van der Waals surface area contributed by atoms with Crippen molar-refractivity contribution in [2.24, 2.45) is 0 Å². The zero-order chi connectivity index (χ0) is 10.7. The molecule has 0 amide bonds. The predicted molar refractivity (Wildman–Crippen MR) is 56.0 cm³/mol. The van der Waals surface area contributed by atoms with Gasteiger partial charge in [-0.15, -0.1) is 0 Å². The Morgan fingerprint density at radius 1 is 1.43 bits per heavy atom. The maximum Gasteiger partial charge on any atom is 0.372 e. The smallest absolute Gasteiger partial charge is 0.372 e. The molecular formula is C8H5Br2NO3. The molecule has 0 aliphatic rings. The second kappa shape index (κ2) is 4.65. The van der Waals surface area contributed by atoms with Crippen LogP contribution in [0.25, 0.3) is 0 Å². The second-order valence-electron chi connectivity index (χ2n) is 2.49. The van der Waals surface area contributed by atoms with Gasteiger partial charge in [0, 0.05) is 15.1 Å². The van der Waals surface area contributed by atoms with Crippen molar-refractivity contribution in [2.45, 2.75) is 6.42 Å². The Labute approximate surface area is 96.6 Å². The van der Waals surface area contributed by atoms with Crippen molar-refractivity contribution in [3.05, 3.63) is 26.9 Å². The first kappa shape index (κ1) is 11.3. The summed E-state index contributed by atoms with van der Waals surface area (Å²) in [6, 6.07) is 1.71. The molecule has 1 aromatic rings. The first-order valence-corrected chi connectivity index (χ1v) is 5.15. The Bertz CT molecular complexity index is 392. The number of hydrogen-bond donors (Lipinski definition) is 1. The Balaban J connectivity index is 2.87. The van der Waals surface area contributed by atoms with Crippen molar-refractivity contribution in [3.63, 3.8) is 0 Å². The number of nitrogens with zero attached hydrogens (tertiary/aromatic N) is 1. The number of carboxylic acids is 1. The molecule has 1 heterocycles. The molecule has 0 saturated heterocycles. The molecule has 0 spiro atoms. The van der Waals surface area contributed by atoms with E-state index in [4.69, 9.17) is 5.11 Å². The SMILES string of the molecule is O=C(O)C(=O)Cc1ncc(Br)cc1Br. The number of hydrogen-bond acceptors (Lipinski definition) is 3. The second-order valence-corrected chi connectivity index (χ2v) is 4.26. The highest BCUT2D eigenvalue weighted by Crippen LogP contribution is 2.19. The van der Waals surface area contributed by atoms with Gasteiger partial charge in [0.25, 0.3) is 0 Å². The van der Waals surface area contributed by atoms with E-state index in [1.165, 1.54) is 6.20 Å². The van der Waals surface area contributed by atoms with Gasteiger partial charge in [0.15, 0.2) is 0 Å². The van der Waals surface area contributed by atoms with Crippen molar-refractivity contribution in [3.8, 4) is 0 Å². The third-order valence-electron chi connectivity index (χ3n) is 1.45. The van der Waals surface area contributed by atoms with Crippen LogP contribution >= 0.6 is 31.9 Å². The number of aliphatic carboxylic acids is 1. The lowest BCUT2D eigenvalue weighted by Gasteiger charge is -2.00. The number of halogens is 2. The van der Waals surface area contributed by atoms with Gasteiger partial charge in [-0.1, -0.05) is 0 Å². The van der Waals surface area contributed by atoms with Gasteiger partial charge in [-0.3, -0.25) is 9.78 Å². The van der Waals surface area contributed by atoms with E-state index >= 15 is 0 Å². The molecule has 0 atom stereocenters. The van der Waals surface area contributed by atoms with Gasteiger partial charge in [0.2, 0.25) is 5.78 Å². The quantitative estimate of drug-likeness (QED) is 0.862. The van der Waals surface area contributed by atoms with Crippen molar-refractivity contribution < 1.29 is 14.7 Å². The number of carboxylic acid groups (broad SMARTS) is 1. The number of ketones is 1. The van der Waals surface area contributed by atoms with Gasteiger partial charge in [0.05, 0.1) is 12.1 Å². The molecule has 14 heavy (non-hydrogen) atoms. The van der Waals surface area contributed by atoms with Gasteiger partial charge in [0.1, 0.15) is 0 Å². The minimum atomic E-state index is -1.44. The molecule has 0 aromatic carbocycles. The summed E-state index contributed by atoms with van der Waals surface area (Å²) in [5, 5.41) is 8.39. The first-order valence-electron chi connectivity index (χ1n) is 3.56. The molecule has 0 aliphatic heterocycles. The Kier molecular flexibility index (Phi) is 3.77. The standard InChI is InChI=1S/C8H5Br2NO3/c9-4-1-5(10)6(11-3-4)2-7(12)8(13)14/h1,3H,2H2,(H,13,14). The number of carbonyl (C=O) groups is 2. The van der Waals surface area contributed by atoms with Crippen molar-refractivity contribution in [2.75, 3.05) is 0 Å². The van der Waals surface area contributed by atoms with Gasteiger partial charge in [-0.2, -0.15) is 0 Å². The van der Waals surface area contributed by atoms with Gasteiger partial charge < -0.3 is 5.11 Å². The highest BCUT2D eigenvalue weighted by molar-refractivity contribution is 9.11. The van der Waals surface area contributed by atoms with Crippen LogP contribution in [-0.2, 0) is 16.0 Å². The third kappa shape index (κ3) is 2.88. The van der Waals surface area contributed by atoms with Gasteiger partial charge in [-0.05, 0) is 37.9 Å². The fourth-order valence-corrected chi connectivity index (χ4v) is 1.93. The van der Waals surface area contributed by atoms with Crippen LogP contribution in [0.2, 0.25) is 0 Å². The van der Waals surface area contributed by atoms with E-state index in [0.29, 0.717) is 10.2 Å². The highest BCUT2D eigenvalue weighted by Gasteiger charge is 2.14. The largest absolute Gasteiger partial charge is 0.475 e. The summed E-state index contributed by atoms with van der Waals surface area (Å²) in [5.41, 5.74) is 0.417. The molecule has 1 aromatic heterocycles. The van der Waals surface area contributed by atoms with Crippen LogP contribution in [0.3, 0.4) is 0 Å². The van der Waals surface area contributed by atoms with Gasteiger partial charge >= 0.3 is 5.97 Å². The minimum Gasteiger partial charge on any atom is -0.475 e. The molecule has 0 fully saturated rings. The molecular weight excluding hydrogens is 318 g/mol. The van der Waals surface area contributed by atoms with E-state index in [1.54, 1.807) is 6.07 Å². The van der Waals surface area contributed by atoms with Gasteiger partial charge in [-0.25, -0.2) is 4.79 Å². The summed E-state index contributed by atoms with van der Waals surface area (Å²) in [6.07, 6.45) is 1.30. The van der Waals surface area contributed by atoms with E-state index < -0.39 is 11.8 Å². The van der Waals surface area contributed by atoms with E-state index in [9.17, 15) is 9.59 Å². The van der Waals surface area contributed by atoms with Crippen molar-refractivity contribution >= 4 is 43.6 Å². The highest BCUT2D eigenvalue weighted by atomic mass is 79.9. The normalized spacial score (nSPS) is 9.86. The van der Waals surface area contributed by atoms with E-state index in [-0.39, 0.29) is 6.42 Å². The van der Waals surface area contributed by atoms with Crippen molar-refractivity contribution in [1.82, 2.24) is 4.98 Å². The lowest BCUT2D eigenvalue weighted by atomic mass is 10.2. The average Bonchev–Trinajstić information content (AvgIpc) is 2.09. The lowest BCUT2D eigenvalue weighted by Crippen LogP contribution is -2.16. The summed E-state index contributed by atoms with van der Waals surface area (Å²) < 4.78 is 1.37. The summed E-state index contributed by atoms with van der Waals surface area (Å²) in [4.78, 5) is 25.1. The fraction of sp³-hybridized carbons (Fsp3) is 0.125. The molecule has 1 N–H and O–H groups in total.